The molecule has 0 amide bonds. The van der Waals surface area contributed by atoms with Gasteiger partial charge in [0.05, 0.1) is 0 Å². The van der Waals surface area contributed by atoms with Crippen molar-refractivity contribution in [1.29, 1.82) is 0 Å². The lowest BCUT2D eigenvalue weighted by molar-refractivity contribution is -0.0511. The van der Waals surface area contributed by atoms with Crippen LogP contribution in [0, 0.1) is 0 Å². The van der Waals surface area contributed by atoms with Crippen LogP contribution in [0.25, 0.3) is 0 Å². The molecule has 0 saturated heterocycles. The van der Waals surface area contributed by atoms with Crippen LogP contribution in [-0.2, 0) is 0 Å². The van der Waals surface area contributed by atoms with Crippen molar-refractivity contribution in [3.05, 3.63) is 0 Å². The summed E-state index contributed by atoms with van der Waals surface area (Å²) in [6, 6.07) is 0. The van der Waals surface area contributed by atoms with E-state index in [0.717, 1.165) is 0 Å². The average Bonchev–Trinajstić information content (AvgIpc) is 1.25. The first-order valence-electron chi connectivity index (χ1n) is 1.23. The van der Waals surface area contributed by atoms with E-state index in [-0.39, 0.29) is 0 Å². The van der Waals surface area contributed by atoms with Gasteiger partial charge in [0.15, 0.2) is 0 Å². The quantitative estimate of drug-likeness (QED) is 0.475. The molecule has 0 N–H and O–H groups in total. The van der Waals surface area contributed by atoms with E-state index >= 15 is 0 Å². The number of rotatable bonds is 0. The molecule has 0 aliphatic rings. The van der Waals surface area contributed by atoms with Crippen LogP contribution < -0.4 is 0 Å². The minimum absolute atomic E-state index is 5.98. The van der Waals surface area contributed by atoms with Gasteiger partial charge in [-0.1, -0.05) is 0 Å². The Balaban J connectivity index is 4.02. The summed E-state index contributed by atoms with van der Waals surface area (Å²) in [5, 5.41) is 0. The molecule has 7 heteroatoms. The Kier molecular flexibility index (Phi) is 1.70. The summed E-state index contributed by atoms with van der Waals surface area (Å²) in [5.41, 5.74) is -5.98. The van der Waals surface area contributed by atoms with Crippen molar-refractivity contribution >= 4 is 11.2 Å². The van der Waals surface area contributed by atoms with Crippen LogP contribution in [0.5, 0.6) is 0 Å². The second kappa shape index (κ2) is 1.71. The van der Waals surface area contributed by atoms with Gasteiger partial charge in [-0.05, 0) is 0 Å². The maximum absolute atomic E-state index is 10.5. The molecular formula is CF6S. The summed E-state index contributed by atoms with van der Waals surface area (Å²) in [7, 11) is 0. The van der Waals surface area contributed by atoms with Crippen LogP contribution in [0.4, 0.5) is 24.8 Å². The number of hydrogen-bond acceptors (Lipinski definition) is 0. The molecule has 0 radical (unpaired) electrons. The number of halogens is 6. The minimum atomic E-state index is -6.84. The molecule has 0 fully saturated rings. The maximum Gasteiger partial charge on any atom is 0.507 e. The van der Waals surface area contributed by atoms with Crippen LogP contribution in [-0.4, -0.2) is 5.51 Å². The molecule has 0 rings (SSSR count). The molecular weight excluding hydrogens is 158 g/mol. The van der Waals surface area contributed by atoms with Gasteiger partial charge in [0.1, 0.15) is 0 Å². The monoisotopic (exact) mass is 158 g/mol. The third kappa shape index (κ3) is 1.81. The minimum Gasteiger partial charge on any atom is -0.156 e. The summed E-state index contributed by atoms with van der Waals surface area (Å²) in [6.45, 7) is 0. The number of alkyl halides is 3. The standard InChI is InChI=1S/CF6S/c2-1(3,4)8(5,6)7. The fraction of sp³-hybridized carbons (Fsp3) is 1.00. The highest BCUT2D eigenvalue weighted by molar-refractivity contribution is 8.21. The highest BCUT2D eigenvalue weighted by Gasteiger charge is 2.54. The molecule has 0 atom stereocenters. The van der Waals surface area contributed by atoms with E-state index in [9.17, 15) is 24.8 Å². The number of hydrogen-bond donors (Lipinski definition) is 0. The fourth-order valence-corrected chi connectivity index (χ4v) is 0. The molecule has 0 bridgehead atoms. The van der Waals surface area contributed by atoms with Crippen LogP contribution in [0.1, 0.15) is 0 Å². The zero-order chi connectivity index (χ0) is 7.00. The molecule has 0 unspecified atom stereocenters. The van der Waals surface area contributed by atoms with Gasteiger partial charge in [-0.25, -0.2) is 0 Å². The predicted octanol–water partition coefficient (Wildman–Crippen LogP) is 2.96. The molecule has 0 heterocycles. The Morgan fingerprint density at radius 1 is 0.875 bits per heavy atom. The lowest BCUT2D eigenvalue weighted by Crippen LogP contribution is -2.07. The zero-order valence-corrected chi connectivity index (χ0v) is 3.99. The first kappa shape index (κ1) is 7.93. The molecule has 0 nitrogen and oxygen atoms in total. The Morgan fingerprint density at radius 2 is 1.00 bits per heavy atom. The summed E-state index contributed by atoms with van der Waals surface area (Å²) in [6.07, 6.45) is 0. The third-order valence-electron chi connectivity index (χ3n) is 0.262. The van der Waals surface area contributed by atoms with Gasteiger partial charge >= 0.3 is 16.7 Å². The van der Waals surface area contributed by atoms with E-state index in [4.69, 9.17) is 0 Å². The van der Waals surface area contributed by atoms with E-state index in [0.29, 0.717) is 0 Å². The smallest absolute Gasteiger partial charge is 0.156 e. The van der Waals surface area contributed by atoms with Crippen LogP contribution >= 0.6 is 11.2 Å². The molecule has 8 heavy (non-hydrogen) atoms. The summed E-state index contributed by atoms with van der Waals surface area (Å²) < 4.78 is 63.0. The van der Waals surface area contributed by atoms with Gasteiger partial charge in [0, 0.05) is 0 Å². The summed E-state index contributed by atoms with van der Waals surface area (Å²) in [5.74, 6) is 0. The molecule has 0 aromatic heterocycles. The van der Waals surface area contributed by atoms with Crippen LogP contribution in [0.2, 0.25) is 0 Å². The summed E-state index contributed by atoms with van der Waals surface area (Å²) in [4.78, 5) is 0. The lowest BCUT2D eigenvalue weighted by atomic mass is 11.6. The SMILES string of the molecule is FC(F)(F)S(F)(F)F. The molecule has 0 aromatic rings. The van der Waals surface area contributed by atoms with Crippen LogP contribution in [0.3, 0.4) is 0 Å². The van der Waals surface area contributed by atoms with E-state index in [1.165, 1.54) is 0 Å². The zero-order valence-electron chi connectivity index (χ0n) is 3.18. The Labute approximate surface area is 42.7 Å². The normalized spacial score (nSPS) is 16.2. The van der Waals surface area contributed by atoms with Crippen LogP contribution in [0.15, 0.2) is 0 Å². The van der Waals surface area contributed by atoms with Crippen molar-refractivity contribution < 1.29 is 24.8 Å². The highest BCUT2D eigenvalue weighted by atomic mass is 32.3. The van der Waals surface area contributed by atoms with Crippen molar-refractivity contribution in [2.75, 3.05) is 0 Å². The molecule has 0 spiro atoms. The first-order chi connectivity index (χ1) is 3.25. The van der Waals surface area contributed by atoms with E-state index < -0.39 is 16.7 Å². The summed E-state index contributed by atoms with van der Waals surface area (Å²) >= 11 is -6.84. The maximum atomic E-state index is 10.5. The Morgan fingerprint density at radius 3 is 1.00 bits per heavy atom. The average molecular weight is 158 g/mol. The Hall–Kier alpha value is -0.0700. The third-order valence-corrected chi connectivity index (χ3v) is 0.787. The molecule has 0 aromatic carbocycles. The van der Waals surface area contributed by atoms with Crippen molar-refractivity contribution in [3.8, 4) is 0 Å². The van der Waals surface area contributed by atoms with Crippen molar-refractivity contribution in [3.63, 3.8) is 0 Å². The topological polar surface area (TPSA) is 0 Å². The molecule has 0 aliphatic heterocycles. The second-order valence-corrected chi connectivity index (χ2v) is 2.13. The van der Waals surface area contributed by atoms with Crippen molar-refractivity contribution in [1.82, 2.24) is 0 Å². The van der Waals surface area contributed by atoms with E-state index in [1.807, 2.05) is 0 Å². The lowest BCUT2D eigenvalue weighted by Gasteiger charge is -2.11. The molecule has 52 valence electrons. The van der Waals surface area contributed by atoms with Crippen molar-refractivity contribution in [2.24, 2.45) is 0 Å². The van der Waals surface area contributed by atoms with Gasteiger partial charge in [-0.2, -0.15) is 13.2 Å². The van der Waals surface area contributed by atoms with E-state index in [2.05, 4.69) is 0 Å². The largest absolute Gasteiger partial charge is 0.507 e. The highest BCUT2D eigenvalue weighted by Crippen LogP contribution is 2.66. The Bertz CT molecular complexity index is 63.5. The first-order valence-corrected chi connectivity index (χ1v) is 2.57. The molecule has 0 aliphatic carbocycles. The fourth-order valence-electron chi connectivity index (χ4n) is 0. The molecule has 0 saturated carbocycles. The van der Waals surface area contributed by atoms with Gasteiger partial charge in [0.2, 0.25) is 0 Å². The van der Waals surface area contributed by atoms with Gasteiger partial charge < -0.3 is 0 Å². The van der Waals surface area contributed by atoms with Gasteiger partial charge in [0.25, 0.3) is 0 Å². The van der Waals surface area contributed by atoms with Gasteiger partial charge in [-0.15, -0.1) is 11.7 Å². The van der Waals surface area contributed by atoms with Crippen molar-refractivity contribution in [2.45, 2.75) is 5.51 Å². The van der Waals surface area contributed by atoms with Gasteiger partial charge in [-0.3, -0.25) is 0 Å². The predicted molar refractivity (Wildman–Crippen MR) is 17.0 cm³/mol. The second-order valence-electron chi connectivity index (χ2n) is 0.852. The van der Waals surface area contributed by atoms with E-state index in [1.54, 1.807) is 0 Å².